The fraction of sp³-hybridized carbons (Fsp3) is 1.00. The Morgan fingerprint density at radius 1 is 1.56 bits per heavy atom. The number of nitrogens with two attached hydrogens (primary N) is 1. The van der Waals surface area contributed by atoms with Crippen LogP contribution in [0, 0.1) is 0 Å². The summed E-state index contributed by atoms with van der Waals surface area (Å²) in [5.41, 5.74) is 5.87. The normalized spacial score (nSPS) is 22.9. The molecule has 1 aliphatic heterocycles. The minimum Gasteiger partial charge on any atom is -0.377 e. The van der Waals surface area contributed by atoms with Gasteiger partial charge >= 0.3 is 0 Å². The predicted octanol–water partition coefficient (Wildman–Crippen LogP) is 1.57. The Bertz CT molecular complexity index is 174. The third-order valence-electron chi connectivity index (χ3n) is 3.31. The van der Waals surface area contributed by atoms with Gasteiger partial charge in [-0.3, -0.25) is 4.90 Å². The van der Waals surface area contributed by atoms with Gasteiger partial charge in [0.05, 0.1) is 6.10 Å². The number of thioether (sulfide) groups is 1. The van der Waals surface area contributed by atoms with Crippen LogP contribution in [0.2, 0.25) is 0 Å². The molecular weight excluding hydrogens is 220 g/mol. The summed E-state index contributed by atoms with van der Waals surface area (Å²) in [7, 11) is 0. The Morgan fingerprint density at radius 3 is 2.88 bits per heavy atom. The van der Waals surface area contributed by atoms with Crippen LogP contribution in [-0.2, 0) is 4.74 Å². The zero-order valence-corrected chi connectivity index (χ0v) is 11.5. The van der Waals surface area contributed by atoms with E-state index in [1.807, 2.05) is 11.8 Å². The van der Waals surface area contributed by atoms with E-state index in [1.54, 1.807) is 0 Å². The Kier molecular flexibility index (Phi) is 7.45. The van der Waals surface area contributed by atoms with E-state index in [0.29, 0.717) is 12.1 Å². The molecule has 0 amide bonds. The van der Waals surface area contributed by atoms with Gasteiger partial charge in [-0.15, -0.1) is 0 Å². The molecule has 16 heavy (non-hydrogen) atoms. The highest BCUT2D eigenvalue weighted by molar-refractivity contribution is 7.98. The maximum absolute atomic E-state index is 5.87. The van der Waals surface area contributed by atoms with Gasteiger partial charge in [0.25, 0.3) is 0 Å². The van der Waals surface area contributed by atoms with E-state index >= 15 is 0 Å². The maximum Gasteiger partial charge on any atom is 0.0702 e. The molecule has 0 spiro atoms. The van der Waals surface area contributed by atoms with Gasteiger partial charge in [0, 0.05) is 25.7 Å². The Labute approximate surface area is 104 Å². The summed E-state index contributed by atoms with van der Waals surface area (Å²) in [6, 6.07) is 0.529. The van der Waals surface area contributed by atoms with Gasteiger partial charge in [0.15, 0.2) is 0 Å². The molecule has 2 N–H and O–H groups in total. The monoisotopic (exact) mass is 246 g/mol. The lowest BCUT2D eigenvalue weighted by atomic mass is 10.1. The maximum atomic E-state index is 5.87. The van der Waals surface area contributed by atoms with E-state index < -0.39 is 0 Å². The summed E-state index contributed by atoms with van der Waals surface area (Å²) in [5.74, 6) is 1.20. The van der Waals surface area contributed by atoms with Crippen molar-refractivity contribution in [3.05, 3.63) is 0 Å². The van der Waals surface area contributed by atoms with Crippen molar-refractivity contribution in [3.8, 4) is 0 Å². The molecule has 0 bridgehead atoms. The summed E-state index contributed by atoms with van der Waals surface area (Å²) >= 11 is 1.90. The second kappa shape index (κ2) is 8.34. The van der Waals surface area contributed by atoms with E-state index in [-0.39, 0.29) is 0 Å². The van der Waals surface area contributed by atoms with Crippen molar-refractivity contribution in [2.24, 2.45) is 5.73 Å². The number of hydrogen-bond donors (Lipinski definition) is 1. The highest BCUT2D eigenvalue weighted by atomic mass is 32.2. The van der Waals surface area contributed by atoms with Crippen LogP contribution in [0.1, 0.15) is 26.2 Å². The summed E-state index contributed by atoms with van der Waals surface area (Å²) in [6.45, 7) is 6.07. The van der Waals surface area contributed by atoms with E-state index in [9.17, 15) is 0 Å². The fourth-order valence-electron chi connectivity index (χ4n) is 2.29. The van der Waals surface area contributed by atoms with Crippen molar-refractivity contribution in [1.29, 1.82) is 0 Å². The van der Waals surface area contributed by atoms with Crippen molar-refractivity contribution < 1.29 is 4.74 Å². The van der Waals surface area contributed by atoms with Gasteiger partial charge in [-0.05, 0) is 37.8 Å². The molecule has 96 valence electrons. The van der Waals surface area contributed by atoms with Gasteiger partial charge in [-0.2, -0.15) is 11.8 Å². The Morgan fingerprint density at radius 2 is 2.38 bits per heavy atom. The van der Waals surface area contributed by atoms with E-state index in [0.717, 1.165) is 26.2 Å². The third kappa shape index (κ3) is 4.62. The summed E-state index contributed by atoms with van der Waals surface area (Å²) < 4.78 is 5.70. The van der Waals surface area contributed by atoms with Crippen LogP contribution in [0.5, 0.6) is 0 Å². The molecule has 2 unspecified atom stereocenters. The number of rotatable bonds is 8. The fourth-order valence-corrected chi connectivity index (χ4v) is 2.80. The molecule has 1 saturated heterocycles. The first-order valence-corrected chi connectivity index (χ1v) is 7.75. The second-order valence-corrected chi connectivity index (χ2v) is 5.38. The third-order valence-corrected chi connectivity index (χ3v) is 3.96. The standard InChI is InChI=1S/C12H26N2OS/c1-3-14(10-12-5-4-7-15-12)11(9-13)6-8-16-2/h11-12H,3-10,13H2,1-2H3. The predicted molar refractivity (Wildman–Crippen MR) is 72.1 cm³/mol. The summed E-state index contributed by atoms with van der Waals surface area (Å²) in [4.78, 5) is 2.49. The van der Waals surface area contributed by atoms with Crippen LogP contribution in [0.15, 0.2) is 0 Å². The van der Waals surface area contributed by atoms with Gasteiger partial charge in [0.1, 0.15) is 0 Å². The van der Waals surface area contributed by atoms with Gasteiger partial charge in [-0.25, -0.2) is 0 Å². The number of hydrogen-bond acceptors (Lipinski definition) is 4. The SMILES string of the molecule is CCN(CC1CCCO1)C(CN)CCSC. The van der Waals surface area contributed by atoms with Crippen LogP contribution in [0.25, 0.3) is 0 Å². The van der Waals surface area contributed by atoms with Crippen LogP contribution in [0.4, 0.5) is 0 Å². The molecule has 0 saturated carbocycles. The lowest BCUT2D eigenvalue weighted by Crippen LogP contribution is -2.44. The zero-order chi connectivity index (χ0) is 11.8. The molecule has 0 aromatic carbocycles. The smallest absolute Gasteiger partial charge is 0.0702 e. The average Bonchev–Trinajstić information content (AvgIpc) is 2.81. The largest absolute Gasteiger partial charge is 0.377 e. The quantitative estimate of drug-likeness (QED) is 0.705. The van der Waals surface area contributed by atoms with E-state index in [4.69, 9.17) is 10.5 Å². The molecule has 0 aliphatic carbocycles. The van der Waals surface area contributed by atoms with Crippen LogP contribution in [0.3, 0.4) is 0 Å². The zero-order valence-electron chi connectivity index (χ0n) is 10.7. The number of likely N-dealkylation sites (N-methyl/N-ethyl adjacent to an activating group) is 1. The van der Waals surface area contributed by atoms with Crippen LogP contribution >= 0.6 is 11.8 Å². The topological polar surface area (TPSA) is 38.5 Å². The minimum absolute atomic E-state index is 0.447. The first-order valence-electron chi connectivity index (χ1n) is 6.36. The van der Waals surface area contributed by atoms with Crippen molar-refractivity contribution in [2.45, 2.75) is 38.3 Å². The molecule has 3 nitrogen and oxygen atoms in total. The van der Waals surface area contributed by atoms with Crippen molar-refractivity contribution in [1.82, 2.24) is 4.90 Å². The minimum atomic E-state index is 0.447. The summed E-state index contributed by atoms with van der Waals surface area (Å²) in [6.07, 6.45) is 6.24. The molecular formula is C12H26N2OS. The van der Waals surface area contributed by atoms with Crippen molar-refractivity contribution >= 4 is 11.8 Å². The van der Waals surface area contributed by atoms with Gasteiger partial charge in [0.2, 0.25) is 0 Å². The van der Waals surface area contributed by atoms with Gasteiger partial charge < -0.3 is 10.5 Å². The molecule has 1 heterocycles. The Balaban J connectivity index is 2.35. The van der Waals surface area contributed by atoms with Crippen LogP contribution in [-0.4, -0.2) is 55.3 Å². The lowest BCUT2D eigenvalue weighted by molar-refractivity contribution is 0.0598. The highest BCUT2D eigenvalue weighted by Gasteiger charge is 2.22. The molecule has 1 rings (SSSR count). The molecule has 0 radical (unpaired) electrons. The van der Waals surface area contributed by atoms with Crippen LogP contribution < -0.4 is 5.73 Å². The van der Waals surface area contributed by atoms with E-state index in [1.165, 1.54) is 25.0 Å². The molecule has 2 atom stereocenters. The molecule has 1 fully saturated rings. The average molecular weight is 246 g/mol. The molecule has 0 aromatic heterocycles. The van der Waals surface area contributed by atoms with E-state index in [2.05, 4.69) is 18.1 Å². The Hall–Kier alpha value is 0.230. The summed E-state index contributed by atoms with van der Waals surface area (Å²) in [5, 5.41) is 0. The first-order chi connectivity index (χ1) is 7.81. The molecule has 1 aliphatic rings. The highest BCUT2D eigenvalue weighted by Crippen LogP contribution is 2.16. The van der Waals surface area contributed by atoms with Crippen molar-refractivity contribution in [2.75, 3.05) is 38.2 Å². The van der Waals surface area contributed by atoms with Crippen molar-refractivity contribution in [3.63, 3.8) is 0 Å². The number of ether oxygens (including phenoxy) is 1. The first kappa shape index (κ1) is 14.3. The number of nitrogens with zero attached hydrogens (tertiary/aromatic N) is 1. The lowest BCUT2D eigenvalue weighted by Gasteiger charge is -2.31. The molecule has 0 aromatic rings. The molecule has 4 heteroatoms. The van der Waals surface area contributed by atoms with Gasteiger partial charge in [-0.1, -0.05) is 6.92 Å². The second-order valence-electron chi connectivity index (χ2n) is 4.39.